The van der Waals surface area contributed by atoms with Gasteiger partial charge in [0.1, 0.15) is 0 Å². The molecule has 1 amide bonds. The first kappa shape index (κ1) is 16.0. The zero-order valence-electron chi connectivity index (χ0n) is 13.5. The maximum atomic E-state index is 11.2. The van der Waals surface area contributed by atoms with Crippen LogP contribution in [0.3, 0.4) is 0 Å². The molecular weight excluding hydrogens is 260 g/mol. The van der Waals surface area contributed by atoms with Gasteiger partial charge in [-0.2, -0.15) is 0 Å². The molecule has 2 rings (SSSR count). The molecule has 3 heteroatoms. The largest absolute Gasteiger partial charge is 0.326 e. The number of rotatable bonds is 5. The molecule has 21 heavy (non-hydrogen) atoms. The van der Waals surface area contributed by atoms with Crippen LogP contribution in [-0.4, -0.2) is 11.9 Å². The second-order valence-corrected chi connectivity index (χ2v) is 6.33. The highest BCUT2D eigenvalue weighted by atomic mass is 16.1. The quantitative estimate of drug-likeness (QED) is 0.849. The first-order chi connectivity index (χ1) is 10.1. The van der Waals surface area contributed by atoms with Gasteiger partial charge < -0.3 is 10.6 Å². The molecule has 0 saturated heterocycles. The van der Waals surface area contributed by atoms with E-state index in [-0.39, 0.29) is 5.91 Å². The van der Waals surface area contributed by atoms with E-state index in [2.05, 4.69) is 36.6 Å². The Bertz CT molecular complexity index is 472. The smallest absolute Gasteiger partial charge is 0.221 e. The van der Waals surface area contributed by atoms with Gasteiger partial charge in [-0.1, -0.05) is 38.3 Å². The molecule has 0 radical (unpaired) electrons. The van der Waals surface area contributed by atoms with Crippen molar-refractivity contribution in [3.05, 3.63) is 29.8 Å². The lowest BCUT2D eigenvalue weighted by molar-refractivity contribution is -0.114. The van der Waals surface area contributed by atoms with Crippen LogP contribution < -0.4 is 10.6 Å². The fourth-order valence-electron chi connectivity index (χ4n) is 3.35. The van der Waals surface area contributed by atoms with E-state index < -0.39 is 0 Å². The van der Waals surface area contributed by atoms with Crippen molar-refractivity contribution in [3.63, 3.8) is 0 Å². The van der Waals surface area contributed by atoms with E-state index in [1.165, 1.54) is 37.7 Å². The van der Waals surface area contributed by atoms with E-state index in [1.54, 1.807) is 6.92 Å². The summed E-state index contributed by atoms with van der Waals surface area (Å²) in [7, 11) is 0. The predicted octanol–water partition coefficient (Wildman–Crippen LogP) is 4.26. The Labute approximate surface area is 128 Å². The molecule has 3 atom stereocenters. The summed E-state index contributed by atoms with van der Waals surface area (Å²) in [4.78, 5) is 11.2. The number of carbonyl (C=O) groups is 1. The molecule has 1 aromatic rings. The number of carbonyl (C=O) groups excluding carboxylic acids is 1. The fourth-order valence-corrected chi connectivity index (χ4v) is 3.35. The van der Waals surface area contributed by atoms with Crippen LogP contribution >= 0.6 is 0 Å². The van der Waals surface area contributed by atoms with Crippen LogP contribution in [0.1, 0.15) is 64.5 Å². The second-order valence-electron chi connectivity index (χ2n) is 6.33. The Kier molecular flexibility index (Phi) is 5.80. The molecule has 0 heterocycles. The highest BCUT2D eigenvalue weighted by Crippen LogP contribution is 2.28. The number of benzene rings is 1. The van der Waals surface area contributed by atoms with Gasteiger partial charge in [0.25, 0.3) is 0 Å². The van der Waals surface area contributed by atoms with E-state index in [1.807, 2.05) is 12.1 Å². The third-order valence-corrected chi connectivity index (χ3v) is 4.55. The first-order valence-electron chi connectivity index (χ1n) is 8.22. The molecule has 0 aliphatic heterocycles. The minimum atomic E-state index is -0.0224. The molecule has 1 aliphatic carbocycles. The molecule has 1 aromatic carbocycles. The summed E-state index contributed by atoms with van der Waals surface area (Å²) in [6.07, 6.45) is 6.61. The summed E-state index contributed by atoms with van der Waals surface area (Å²) in [6.45, 7) is 6.05. The average Bonchev–Trinajstić information content (AvgIpc) is 2.47. The number of hydrogen-bond donors (Lipinski definition) is 2. The van der Waals surface area contributed by atoms with Gasteiger partial charge >= 0.3 is 0 Å². The molecule has 3 unspecified atom stereocenters. The average molecular weight is 288 g/mol. The lowest BCUT2D eigenvalue weighted by atomic mass is 9.84. The maximum absolute atomic E-state index is 11.2. The van der Waals surface area contributed by atoms with Crippen LogP contribution in [-0.2, 0) is 4.79 Å². The molecule has 0 aromatic heterocycles. The Morgan fingerprint density at radius 2 is 2.19 bits per heavy atom. The summed E-state index contributed by atoms with van der Waals surface area (Å²) in [5, 5.41) is 6.62. The van der Waals surface area contributed by atoms with Crippen molar-refractivity contribution < 1.29 is 4.79 Å². The Hall–Kier alpha value is -1.35. The van der Waals surface area contributed by atoms with E-state index >= 15 is 0 Å². The summed E-state index contributed by atoms with van der Waals surface area (Å²) in [5.41, 5.74) is 2.11. The van der Waals surface area contributed by atoms with Crippen LogP contribution in [0.2, 0.25) is 0 Å². The normalized spacial score (nSPS) is 23.6. The van der Waals surface area contributed by atoms with Crippen molar-refractivity contribution in [2.45, 2.75) is 65.0 Å². The van der Waals surface area contributed by atoms with Gasteiger partial charge in [-0.05, 0) is 43.4 Å². The van der Waals surface area contributed by atoms with Crippen molar-refractivity contribution in [2.24, 2.45) is 5.92 Å². The standard InChI is InChI=1S/C18H28N2O/c1-4-15-7-5-9-17(11-15)19-13(2)16-8-6-10-18(12-16)20-14(3)21/h6,8,10,12-13,15,17,19H,4-5,7,9,11H2,1-3H3,(H,20,21). The SMILES string of the molecule is CCC1CCCC(NC(C)c2cccc(NC(C)=O)c2)C1. The Morgan fingerprint density at radius 1 is 1.38 bits per heavy atom. The van der Waals surface area contributed by atoms with E-state index in [4.69, 9.17) is 0 Å². The summed E-state index contributed by atoms with van der Waals surface area (Å²) in [5.74, 6) is 0.861. The monoisotopic (exact) mass is 288 g/mol. The molecule has 1 fully saturated rings. The highest BCUT2D eigenvalue weighted by Gasteiger charge is 2.22. The minimum absolute atomic E-state index is 0.0224. The van der Waals surface area contributed by atoms with Crippen molar-refractivity contribution in [3.8, 4) is 0 Å². The molecule has 0 spiro atoms. The van der Waals surface area contributed by atoms with Gasteiger partial charge in [-0.3, -0.25) is 4.79 Å². The maximum Gasteiger partial charge on any atom is 0.221 e. The highest BCUT2D eigenvalue weighted by molar-refractivity contribution is 5.88. The lowest BCUT2D eigenvalue weighted by Crippen LogP contribution is -2.35. The van der Waals surface area contributed by atoms with Crippen LogP contribution in [0.5, 0.6) is 0 Å². The number of nitrogens with one attached hydrogen (secondary N) is 2. The van der Waals surface area contributed by atoms with Gasteiger partial charge in [0.15, 0.2) is 0 Å². The summed E-state index contributed by atoms with van der Waals surface area (Å²) < 4.78 is 0. The molecule has 3 nitrogen and oxygen atoms in total. The predicted molar refractivity (Wildman–Crippen MR) is 88.3 cm³/mol. The van der Waals surface area contributed by atoms with Gasteiger partial charge in [-0.25, -0.2) is 0 Å². The Balaban J connectivity index is 1.96. The van der Waals surface area contributed by atoms with Gasteiger partial charge in [0, 0.05) is 24.7 Å². The van der Waals surface area contributed by atoms with E-state index in [0.29, 0.717) is 12.1 Å². The molecule has 116 valence electrons. The molecule has 1 aliphatic rings. The molecule has 1 saturated carbocycles. The third-order valence-electron chi connectivity index (χ3n) is 4.55. The molecule has 2 N–H and O–H groups in total. The number of hydrogen-bond acceptors (Lipinski definition) is 2. The van der Waals surface area contributed by atoms with Crippen LogP contribution in [0.25, 0.3) is 0 Å². The van der Waals surface area contributed by atoms with Gasteiger partial charge in [0.2, 0.25) is 5.91 Å². The fraction of sp³-hybridized carbons (Fsp3) is 0.611. The van der Waals surface area contributed by atoms with E-state index in [0.717, 1.165) is 11.6 Å². The van der Waals surface area contributed by atoms with Gasteiger partial charge in [-0.15, -0.1) is 0 Å². The lowest BCUT2D eigenvalue weighted by Gasteiger charge is -2.31. The first-order valence-corrected chi connectivity index (χ1v) is 8.22. The Morgan fingerprint density at radius 3 is 2.90 bits per heavy atom. The van der Waals surface area contributed by atoms with Gasteiger partial charge in [0.05, 0.1) is 0 Å². The zero-order valence-corrected chi connectivity index (χ0v) is 13.5. The topological polar surface area (TPSA) is 41.1 Å². The van der Waals surface area contributed by atoms with Crippen LogP contribution in [0, 0.1) is 5.92 Å². The number of anilines is 1. The summed E-state index contributed by atoms with van der Waals surface area (Å²) >= 11 is 0. The second kappa shape index (κ2) is 7.60. The van der Waals surface area contributed by atoms with Crippen molar-refractivity contribution >= 4 is 11.6 Å². The number of amides is 1. The van der Waals surface area contributed by atoms with Crippen molar-refractivity contribution in [1.29, 1.82) is 0 Å². The molecule has 0 bridgehead atoms. The van der Waals surface area contributed by atoms with Crippen LogP contribution in [0.15, 0.2) is 24.3 Å². The zero-order chi connectivity index (χ0) is 15.2. The summed E-state index contributed by atoms with van der Waals surface area (Å²) in [6, 6.07) is 9.09. The van der Waals surface area contributed by atoms with Crippen molar-refractivity contribution in [1.82, 2.24) is 5.32 Å². The minimum Gasteiger partial charge on any atom is -0.326 e. The van der Waals surface area contributed by atoms with Crippen molar-refractivity contribution in [2.75, 3.05) is 5.32 Å². The molecular formula is C18H28N2O. The third kappa shape index (κ3) is 4.85. The van der Waals surface area contributed by atoms with Crippen LogP contribution in [0.4, 0.5) is 5.69 Å². The van der Waals surface area contributed by atoms with E-state index in [9.17, 15) is 4.79 Å².